The number of benzene rings is 1. The Morgan fingerprint density at radius 3 is 2.81 bits per heavy atom. The van der Waals surface area contributed by atoms with E-state index in [0.29, 0.717) is 5.41 Å². The van der Waals surface area contributed by atoms with E-state index in [2.05, 4.69) is 21.6 Å². The SMILES string of the molecule is COCCC1(Cn2nnnc2-c2cc(C)cc(N)c2)CC1. The lowest BCUT2D eigenvalue weighted by atomic mass is 10.0. The molecular formula is C15H21N5O. The van der Waals surface area contributed by atoms with Crippen LogP contribution in [0.1, 0.15) is 24.8 Å². The van der Waals surface area contributed by atoms with Gasteiger partial charge in [0.15, 0.2) is 5.82 Å². The molecule has 1 aromatic carbocycles. The first-order chi connectivity index (χ1) is 10.1. The fraction of sp³-hybridized carbons (Fsp3) is 0.533. The number of aryl methyl sites for hydroxylation is 1. The Bertz CT molecular complexity index is 612. The summed E-state index contributed by atoms with van der Waals surface area (Å²) in [6.07, 6.45) is 3.48. The Kier molecular flexibility index (Phi) is 3.63. The molecule has 0 saturated heterocycles. The average Bonchev–Trinajstić information content (AvgIpc) is 3.03. The molecule has 6 heteroatoms. The van der Waals surface area contributed by atoms with Gasteiger partial charge in [0, 0.05) is 25.0 Å². The van der Waals surface area contributed by atoms with Crippen molar-refractivity contribution in [3.63, 3.8) is 0 Å². The Hall–Kier alpha value is -1.95. The predicted molar refractivity (Wildman–Crippen MR) is 80.6 cm³/mol. The van der Waals surface area contributed by atoms with Crippen molar-refractivity contribution in [3.8, 4) is 11.4 Å². The number of tetrazole rings is 1. The summed E-state index contributed by atoms with van der Waals surface area (Å²) in [7, 11) is 1.74. The lowest BCUT2D eigenvalue weighted by molar-refractivity contribution is 0.165. The molecule has 112 valence electrons. The third-order valence-electron chi connectivity index (χ3n) is 4.17. The molecule has 0 atom stereocenters. The Morgan fingerprint density at radius 1 is 1.33 bits per heavy atom. The highest BCUT2D eigenvalue weighted by Crippen LogP contribution is 2.50. The molecule has 2 N–H and O–H groups in total. The number of hydrogen-bond donors (Lipinski definition) is 1. The maximum atomic E-state index is 5.93. The number of hydrogen-bond acceptors (Lipinski definition) is 5. The molecule has 0 unspecified atom stereocenters. The first-order valence-corrected chi connectivity index (χ1v) is 7.25. The number of nitrogens with zero attached hydrogens (tertiary/aromatic N) is 4. The summed E-state index contributed by atoms with van der Waals surface area (Å²) in [6.45, 7) is 3.65. The highest BCUT2D eigenvalue weighted by molar-refractivity contribution is 5.62. The van der Waals surface area contributed by atoms with Crippen LogP contribution in [0.25, 0.3) is 11.4 Å². The van der Waals surface area contributed by atoms with E-state index in [1.807, 2.05) is 23.7 Å². The molecule has 1 aliphatic rings. The van der Waals surface area contributed by atoms with Crippen LogP contribution >= 0.6 is 0 Å². The summed E-state index contributed by atoms with van der Waals surface area (Å²) >= 11 is 0. The van der Waals surface area contributed by atoms with Gasteiger partial charge in [-0.15, -0.1) is 5.10 Å². The van der Waals surface area contributed by atoms with E-state index in [1.54, 1.807) is 7.11 Å². The molecule has 3 rings (SSSR count). The van der Waals surface area contributed by atoms with Crippen LogP contribution < -0.4 is 5.73 Å². The van der Waals surface area contributed by atoms with Crippen molar-refractivity contribution in [1.29, 1.82) is 0 Å². The number of nitrogen functional groups attached to an aromatic ring is 1. The van der Waals surface area contributed by atoms with Gasteiger partial charge in [0.1, 0.15) is 0 Å². The summed E-state index contributed by atoms with van der Waals surface area (Å²) in [6, 6.07) is 5.93. The largest absolute Gasteiger partial charge is 0.399 e. The molecule has 1 aromatic heterocycles. The van der Waals surface area contributed by atoms with Crippen LogP contribution in [0.4, 0.5) is 5.69 Å². The fourth-order valence-electron chi connectivity index (χ4n) is 2.76. The minimum absolute atomic E-state index is 0.301. The van der Waals surface area contributed by atoms with Gasteiger partial charge in [0.2, 0.25) is 0 Å². The minimum Gasteiger partial charge on any atom is -0.399 e. The monoisotopic (exact) mass is 287 g/mol. The van der Waals surface area contributed by atoms with E-state index in [0.717, 1.165) is 42.2 Å². The van der Waals surface area contributed by atoms with E-state index in [1.165, 1.54) is 12.8 Å². The molecule has 0 amide bonds. The molecule has 6 nitrogen and oxygen atoms in total. The van der Waals surface area contributed by atoms with Crippen molar-refractivity contribution < 1.29 is 4.74 Å². The molecular weight excluding hydrogens is 266 g/mol. The molecule has 0 aliphatic heterocycles. The smallest absolute Gasteiger partial charge is 0.182 e. The van der Waals surface area contributed by atoms with Crippen LogP contribution in [-0.4, -0.2) is 33.9 Å². The molecule has 0 spiro atoms. The quantitative estimate of drug-likeness (QED) is 0.823. The van der Waals surface area contributed by atoms with E-state index in [9.17, 15) is 0 Å². The van der Waals surface area contributed by atoms with Crippen molar-refractivity contribution in [2.75, 3.05) is 19.5 Å². The van der Waals surface area contributed by atoms with Crippen molar-refractivity contribution >= 4 is 5.69 Å². The lowest BCUT2D eigenvalue weighted by Gasteiger charge is -2.15. The molecule has 2 aromatic rings. The molecule has 0 radical (unpaired) electrons. The molecule has 1 saturated carbocycles. The number of ether oxygens (including phenoxy) is 1. The van der Waals surface area contributed by atoms with Gasteiger partial charge in [-0.2, -0.15) is 0 Å². The van der Waals surface area contributed by atoms with Crippen molar-refractivity contribution in [3.05, 3.63) is 23.8 Å². The second-order valence-corrected chi connectivity index (χ2v) is 6.04. The molecule has 1 aliphatic carbocycles. The van der Waals surface area contributed by atoms with Crippen molar-refractivity contribution in [1.82, 2.24) is 20.2 Å². The predicted octanol–water partition coefficient (Wildman–Crippen LogP) is 2.05. The standard InChI is InChI=1S/C15H21N5O/c1-11-7-12(9-13(16)8-11)14-17-18-19-20(14)10-15(3-4-15)5-6-21-2/h7-9H,3-6,10,16H2,1-2H3. The molecule has 1 fully saturated rings. The Balaban J connectivity index is 1.84. The van der Waals surface area contributed by atoms with Gasteiger partial charge in [-0.25, -0.2) is 4.68 Å². The molecule has 0 bridgehead atoms. The Labute approximate surface area is 124 Å². The number of anilines is 1. The highest BCUT2D eigenvalue weighted by atomic mass is 16.5. The Morgan fingerprint density at radius 2 is 2.14 bits per heavy atom. The van der Waals surface area contributed by atoms with Gasteiger partial charge in [0.05, 0.1) is 6.54 Å². The summed E-state index contributed by atoms with van der Waals surface area (Å²) in [5, 5.41) is 12.2. The summed E-state index contributed by atoms with van der Waals surface area (Å²) < 4.78 is 7.11. The maximum absolute atomic E-state index is 5.93. The zero-order valence-corrected chi connectivity index (χ0v) is 12.5. The highest BCUT2D eigenvalue weighted by Gasteiger charge is 2.43. The van der Waals surface area contributed by atoms with Crippen LogP contribution in [0.3, 0.4) is 0 Å². The van der Waals surface area contributed by atoms with E-state index < -0.39 is 0 Å². The van der Waals surface area contributed by atoms with Crippen LogP contribution in [0.15, 0.2) is 18.2 Å². The number of methoxy groups -OCH3 is 1. The van der Waals surface area contributed by atoms with E-state index >= 15 is 0 Å². The minimum atomic E-state index is 0.301. The number of nitrogens with two attached hydrogens (primary N) is 1. The van der Waals surface area contributed by atoms with Gasteiger partial charge in [0.25, 0.3) is 0 Å². The van der Waals surface area contributed by atoms with Gasteiger partial charge < -0.3 is 10.5 Å². The summed E-state index contributed by atoms with van der Waals surface area (Å²) in [4.78, 5) is 0. The van der Waals surface area contributed by atoms with Gasteiger partial charge in [-0.1, -0.05) is 0 Å². The maximum Gasteiger partial charge on any atom is 0.182 e. The van der Waals surface area contributed by atoms with Crippen LogP contribution in [-0.2, 0) is 11.3 Å². The van der Waals surface area contributed by atoms with Crippen LogP contribution in [0.5, 0.6) is 0 Å². The zero-order valence-electron chi connectivity index (χ0n) is 12.5. The van der Waals surface area contributed by atoms with Crippen LogP contribution in [0, 0.1) is 12.3 Å². The molecule has 21 heavy (non-hydrogen) atoms. The second kappa shape index (κ2) is 5.44. The van der Waals surface area contributed by atoms with Gasteiger partial charge in [-0.05, 0) is 65.8 Å². The number of aromatic nitrogens is 4. The number of rotatable bonds is 6. The van der Waals surface area contributed by atoms with Crippen molar-refractivity contribution in [2.24, 2.45) is 5.41 Å². The first kappa shape index (κ1) is 14.0. The average molecular weight is 287 g/mol. The van der Waals surface area contributed by atoms with E-state index in [4.69, 9.17) is 10.5 Å². The van der Waals surface area contributed by atoms with Gasteiger partial charge in [-0.3, -0.25) is 0 Å². The third kappa shape index (κ3) is 3.05. The second-order valence-electron chi connectivity index (χ2n) is 6.04. The normalized spacial score (nSPS) is 16.1. The van der Waals surface area contributed by atoms with Crippen LogP contribution in [0.2, 0.25) is 0 Å². The van der Waals surface area contributed by atoms with Crippen molar-refractivity contribution in [2.45, 2.75) is 32.7 Å². The van der Waals surface area contributed by atoms with E-state index in [-0.39, 0.29) is 0 Å². The van der Waals surface area contributed by atoms with Gasteiger partial charge >= 0.3 is 0 Å². The lowest BCUT2D eigenvalue weighted by Crippen LogP contribution is -2.16. The topological polar surface area (TPSA) is 78.8 Å². The third-order valence-corrected chi connectivity index (χ3v) is 4.17. The zero-order chi connectivity index (χ0) is 14.9. The summed E-state index contributed by atoms with van der Waals surface area (Å²) in [5.74, 6) is 0.786. The molecule has 1 heterocycles. The first-order valence-electron chi connectivity index (χ1n) is 7.25. The fourth-order valence-corrected chi connectivity index (χ4v) is 2.76. The summed E-state index contributed by atoms with van der Waals surface area (Å²) in [5.41, 5.74) is 9.05.